The first-order valence-corrected chi connectivity index (χ1v) is 14.0. The minimum absolute atomic E-state index is 0.144. The van der Waals surface area contributed by atoms with Crippen molar-refractivity contribution in [1.29, 1.82) is 0 Å². The number of esters is 1. The molecule has 186 valence electrons. The number of fused-ring (bicyclic) bond motifs is 1. The number of halogens is 1. The van der Waals surface area contributed by atoms with Crippen LogP contribution >= 0.6 is 22.9 Å². The first-order valence-electron chi connectivity index (χ1n) is 11.3. The number of rotatable bonds is 6. The first-order chi connectivity index (χ1) is 16.7. The number of para-hydroxylation sites is 1. The van der Waals surface area contributed by atoms with E-state index in [0.29, 0.717) is 34.3 Å². The van der Waals surface area contributed by atoms with Gasteiger partial charge in [-0.25, -0.2) is 8.42 Å². The van der Waals surface area contributed by atoms with Crippen molar-refractivity contribution in [3.8, 4) is 0 Å². The molecule has 0 spiro atoms. The van der Waals surface area contributed by atoms with Crippen LogP contribution in [0.3, 0.4) is 0 Å². The highest BCUT2D eigenvalue weighted by atomic mass is 35.5. The molecule has 3 aromatic rings. The molecule has 8 nitrogen and oxygen atoms in total. The summed E-state index contributed by atoms with van der Waals surface area (Å²) in [6, 6.07) is 11.1. The van der Waals surface area contributed by atoms with Crippen LogP contribution in [-0.2, 0) is 26.1 Å². The summed E-state index contributed by atoms with van der Waals surface area (Å²) in [7, 11) is -3.62. The SMILES string of the molecule is CCOC(=O)Cn1c(=NC(=O)c2ccc(S(=O)(=O)N3CCCC(C)C3)cc2)sc2cccc(Cl)c21. The molecule has 1 atom stereocenters. The van der Waals surface area contributed by atoms with Gasteiger partial charge in [-0.1, -0.05) is 35.9 Å². The largest absolute Gasteiger partial charge is 0.465 e. The number of nitrogens with zero attached hydrogens (tertiary/aromatic N) is 3. The third-order valence-corrected chi connectivity index (χ3v) is 9.03. The van der Waals surface area contributed by atoms with E-state index in [2.05, 4.69) is 4.99 Å². The van der Waals surface area contributed by atoms with Gasteiger partial charge in [-0.2, -0.15) is 9.30 Å². The highest BCUT2D eigenvalue weighted by Gasteiger charge is 2.28. The van der Waals surface area contributed by atoms with Crippen LogP contribution in [0.15, 0.2) is 52.4 Å². The Balaban J connectivity index is 1.66. The maximum Gasteiger partial charge on any atom is 0.326 e. The number of ether oxygens (including phenoxy) is 1. The van der Waals surface area contributed by atoms with Gasteiger partial charge in [-0.15, -0.1) is 0 Å². The smallest absolute Gasteiger partial charge is 0.326 e. The number of carbonyl (C=O) groups excluding carboxylic acids is 2. The highest BCUT2D eigenvalue weighted by molar-refractivity contribution is 7.89. The lowest BCUT2D eigenvalue weighted by Crippen LogP contribution is -2.39. The quantitative estimate of drug-likeness (QED) is 0.443. The van der Waals surface area contributed by atoms with Crippen molar-refractivity contribution >= 4 is 55.1 Å². The average molecular weight is 536 g/mol. The molecule has 2 heterocycles. The van der Waals surface area contributed by atoms with Gasteiger partial charge in [0.1, 0.15) is 6.54 Å². The second-order valence-corrected chi connectivity index (χ2v) is 11.8. The fraction of sp³-hybridized carbons (Fsp3) is 0.375. The molecule has 11 heteroatoms. The van der Waals surface area contributed by atoms with E-state index in [1.54, 1.807) is 23.6 Å². The molecule has 1 aromatic heterocycles. The molecule has 1 saturated heterocycles. The van der Waals surface area contributed by atoms with Gasteiger partial charge in [0, 0.05) is 18.7 Å². The van der Waals surface area contributed by atoms with Gasteiger partial charge in [0.15, 0.2) is 4.80 Å². The minimum Gasteiger partial charge on any atom is -0.465 e. The number of hydrogen-bond acceptors (Lipinski definition) is 6. The van der Waals surface area contributed by atoms with E-state index in [4.69, 9.17) is 16.3 Å². The summed E-state index contributed by atoms with van der Waals surface area (Å²) >= 11 is 7.60. The Hall–Kier alpha value is -2.53. The Bertz CT molecular complexity index is 1430. The molecule has 2 aromatic carbocycles. The number of aromatic nitrogens is 1. The number of benzene rings is 2. The van der Waals surface area contributed by atoms with E-state index >= 15 is 0 Å². The monoisotopic (exact) mass is 535 g/mol. The van der Waals surface area contributed by atoms with Gasteiger partial charge in [0.05, 0.1) is 26.7 Å². The molecule has 1 aliphatic heterocycles. The molecule has 1 amide bonds. The van der Waals surface area contributed by atoms with E-state index in [1.807, 2.05) is 13.0 Å². The molecule has 1 aliphatic rings. The van der Waals surface area contributed by atoms with Crippen LogP contribution in [0.5, 0.6) is 0 Å². The van der Waals surface area contributed by atoms with Crippen molar-refractivity contribution in [2.45, 2.75) is 38.1 Å². The first kappa shape index (κ1) is 25.6. The molecule has 1 unspecified atom stereocenters. The maximum atomic E-state index is 13.0. The lowest BCUT2D eigenvalue weighted by atomic mass is 10.0. The van der Waals surface area contributed by atoms with Gasteiger partial charge >= 0.3 is 5.97 Å². The Labute approximate surface area is 212 Å². The lowest BCUT2D eigenvalue weighted by Gasteiger charge is -2.30. The van der Waals surface area contributed by atoms with Gasteiger partial charge in [-0.05, 0) is 62.1 Å². The number of piperidine rings is 1. The fourth-order valence-electron chi connectivity index (χ4n) is 4.09. The zero-order valence-corrected chi connectivity index (χ0v) is 21.8. The summed E-state index contributed by atoms with van der Waals surface area (Å²) < 4.78 is 34.9. The summed E-state index contributed by atoms with van der Waals surface area (Å²) in [5.74, 6) is -0.710. The molecule has 0 bridgehead atoms. The molecule has 0 aliphatic carbocycles. The third kappa shape index (κ3) is 5.50. The molecular weight excluding hydrogens is 510 g/mol. The minimum atomic E-state index is -3.62. The topological polar surface area (TPSA) is 98.0 Å². The second-order valence-electron chi connectivity index (χ2n) is 8.41. The lowest BCUT2D eigenvalue weighted by molar-refractivity contribution is -0.143. The number of carbonyl (C=O) groups is 2. The van der Waals surface area contributed by atoms with Crippen molar-refractivity contribution in [3.05, 3.63) is 57.9 Å². The maximum absolute atomic E-state index is 13.0. The number of hydrogen-bond donors (Lipinski definition) is 0. The highest BCUT2D eigenvalue weighted by Crippen LogP contribution is 2.26. The van der Waals surface area contributed by atoms with Crippen molar-refractivity contribution in [2.24, 2.45) is 10.9 Å². The van der Waals surface area contributed by atoms with Crippen molar-refractivity contribution in [3.63, 3.8) is 0 Å². The molecule has 0 radical (unpaired) electrons. The second kappa shape index (κ2) is 10.6. The normalized spacial score (nSPS) is 17.6. The van der Waals surface area contributed by atoms with Crippen LogP contribution in [0.2, 0.25) is 5.02 Å². The Morgan fingerprint density at radius 1 is 1.20 bits per heavy atom. The summed E-state index contributed by atoms with van der Waals surface area (Å²) in [5.41, 5.74) is 0.832. The number of amides is 1. The standard InChI is InChI=1S/C24H26ClN3O5S2/c1-3-33-21(29)15-28-22-19(25)7-4-8-20(22)34-24(28)26-23(30)17-9-11-18(12-10-17)35(31,32)27-13-5-6-16(2)14-27/h4,7-12,16H,3,5-6,13-15H2,1-2H3. The van der Waals surface area contributed by atoms with Crippen LogP contribution in [-0.4, -0.2) is 48.9 Å². The summed E-state index contributed by atoms with van der Waals surface area (Å²) in [6.45, 7) is 4.83. The van der Waals surface area contributed by atoms with Crippen molar-refractivity contribution < 1.29 is 22.7 Å². The Morgan fingerprint density at radius 2 is 1.94 bits per heavy atom. The van der Waals surface area contributed by atoms with Crippen LogP contribution < -0.4 is 4.80 Å². The van der Waals surface area contributed by atoms with Crippen LogP contribution in [0.4, 0.5) is 0 Å². The summed E-state index contributed by atoms with van der Waals surface area (Å²) in [6.07, 6.45) is 1.85. The Kier molecular flexibility index (Phi) is 7.75. The third-order valence-electron chi connectivity index (χ3n) is 5.80. The van der Waals surface area contributed by atoms with Crippen LogP contribution in [0, 0.1) is 5.92 Å². The molecule has 4 rings (SSSR count). The van der Waals surface area contributed by atoms with Gasteiger partial charge in [0.2, 0.25) is 10.0 Å². The predicted molar refractivity (Wildman–Crippen MR) is 135 cm³/mol. The van der Waals surface area contributed by atoms with E-state index in [-0.39, 0.29) is 23.6 Å². The molecule has 35 heavy (non-hydrogen) atoms. The van der Waals surface area contributed by atoms with Crippen LogP contribution in [0.1, 0.15) is 37.0 Å². The molecule has 0 N–H and O–H groups in total. The Morgan fingerprint density at radius 3 is 2.63 bits per heavy atom. The zero-order chi connectivity index (χ0) is 25.2. The predicted octanol–water partition coefficient (Wildman–Crippen LogP) is 4.08. The molecule has 0 saturated carbocycles. The van der Waals surface area contributed by atoms with E-state index < -0.39 is 21.9 Å². The fourth-order valence-corrected chi connectivity index (χ4v) is 7.07. The van der Waals surface area contributed by atoms with Crippen LogP contribution in [0.25, 0.3) is 10.2 Å². The number of sulfonamides is 1. The van der Waals surface area contributed by atoms with E-state index in [1.165, 1.54) is 39.9 Å². The van der Waals surface area contributed by atoms with Gasteiger partial charge in [0.25, 0.3) is 5.91 Å². The van der Waals surface area contributed by atoms with Gasteiger partial charge in [-0.3, -0.25) is 9.59 Å². The van der Waals surface area contributed by atoms with E-state index in [0.717, 1.165) is 17.5 Å². The summed E-state index contributed by atoms with van der Waals surface area (Å²) in [5, 5.41) is 0.429. The van der Waals surface area contributed by atoms with E-state index in [9.17, 15) is 18.0 Å². The van der Waals surface area contributed by atoms with Gasteiger partial charge < -0.3 is 9.30 Å². The summed E-state index contributed by atoms with van der Waals surface area (Å²) in [4.78, 5) is 29.8. The zero-order valence-electron chi connectivity index (χ0n) is 19.4. The number of thiazole rings is 1. The molecular formula is C24H26ClN3O5S2. The van der Waals surface area contributed by atoms with Crippen molar-refractivity contribution in [1.82, 2.24) is 8.87 Å². The average Bonchev–Trinajstić information content (AvgIpc) is 3.17. The molecule has 1 fully saturated rings. The van der Waals surface area contributed by atoms with Crippen molar-refractivity contribution in [2.75, 3.05) is 19.7 Å².